The maximum Gasteiger partial charge on any atom is 0.418 e. The Morgan fingerprint density at radius 2 is 2.08 bits per heavy atom. The Morgan fingerprint density at radius 1 is 1.38 bits per heavy atom. The molecule has 1 aliphatic rings. The number of hydrogen-bond acceptors (Lipinski definition) is 13. The molecule has 0 radical (unpaired) electrons. The summed E-state index contributed by atoms with van der Waals surface area (Å²) in [6.45, 7) is 2.61. The minimum absolute atomic E-state index is 0.0491. The third-order valence-electron chi connectivity index (χ3n) is 4.96. The van der Waals surface area contributed by atoms with Crippen molar-refractivity contribution in [3.8, 4) is 11.5 Å². The van der Waals surface area contributed by atoms with Crippen molar-refractivity contribution in [2.24, 2.45) is 10.9 Å². The predicted octanol–water partition coefficient (Wildman–Crippen LogP) is -0.645. The molecule has 0 unspecified atom stereocenters. The number of β-lactam (4-membered cyclic amide) rings is 1. The van der Waals surface area contributed by atoms with Crippen LogP contribution in [-0.2, 0) is 29.1 Å². The molecule has 8 N–H and O–H groups in total. The first-order valence-corrected chi connectivity index (χ1v) is 12.5. The average molecular weight is 558 g/mol. The van der Waals surface area contributed by atoms with Crippen LogP contribution in [0, 0.1) is 5.41 Å². The highest BCUT2D eigenvalue weighted by atomic mass is 32.3. The molecule has 37 heavy (non-hydrogen) atoms. The lowest BCUT2D eigenvalue weighted by molar-refractivity contribution is -0.218. The third-order valence-corrected chi connectivity index (χ3v) is 5.97. The van der Waals surface area contributed by atoms with Crippen molar-refractivity contribution < 1.29 is 41.5 Å². The van der Waals surface area contributed by atoms with Crippen LogP contribution in [0.4, 0.5) is 5.13 Å². The predicted molar refractivity (Wildman–Crippen MR) is 129 cm³/mol. The fourth-order valence-corrected chi connectivity index (χ4v) is 4.16. The van der Waals surface area contributed by atoms with E-state index in [2.05, 4.69) is 19.7 Å². The van der Waals surface area contributed by atoms with Crippen LogP contribution in [0.15, 0.2) is 28.7 Å². The van der Waals surface area contributed by atoms with Gasteiger partial charge < -0.3 is 31.5 Å². The summed E-state index contributed by atoms with van der Waals surface area (Å²) in [5.74, 6) is -2.09. The van der Waals surface area contributed by atoms with Gasteiger partial charge in [0.2, 0.25) is 0 Å². The van der Waals surface area contributed by atoms with Crippen molar-refractivity contribution in [3.63, 3.8) is 0 Å². The van der Waals surface area contributed by atoms with Crippen molar-refractivity contribution in [1.29, 1.82) is 5.41 Å². The van der Waals surface area contributed by atoms with Gasteiger partial charge >= 0.3 is 10.4 Å². The number of nitrogens with one attached hydrogen (secondary N) is 2. The number of hydroxylamine groups is 2. The molecular formula is C19H23N7O9S2. The number of rotatable bonds is 11. The van der Waals surface area contributed by atoms with E-state index in [1.807, 2.05) is 0 Å². The molecule has 1 aliphatic heterocycles. The lowest BCUT2D eigenvalue weighted by atomic mass is 9.84. The molecule has 1 aromatic carbocycles. The van der Waals surface area contributed by atoms with E-state index in [9.17, 15) is 23.1 Å². The van der Waals surface area contributed by atoms with Gasteiger partial charge in [-0.15, -0.1) is 15.6 Å². The fourth-order valence-electron chi connectivity index (χ4n) is 3.16. The van der Waals surface area contributed by atoms with E-state index in [-0.39, 0.29) is 52.6 Å². The molecular weight excluding hydrogens is 534 g/mol. The molecule has 200 valence electrons. The molecule has 0 aliphatic carbocycles. The quantitative estimate of drug-likeness (QED) is 0.0503. The maximum absolute atomic E-state index is 12.9. The Balaban J connectivity index is 1.65. The first-order chi connectivity index (χ1) is 17.2. The SMILES string of the molecule is CC1(C)[C@H](NC(=O)/C(=N\OCCOc2ccc(C(=N)N)c(O)c2)c2csc(N)n2)C(=O)N1OS(=O)(=O)O. The van der Waals surface area contributed by atoms with Crippen molar-refractivity contribution >= 4 is 50.2 Å². The number of amidine groups is 1. The summed E-state index contributed by atoms with van der Waals surface area (Å²) in [5, 5.41) is 25.4. The van der Waals surface area contributed by atoms with Crippen LogP contribution in [0.5, 0.6) is 11.5 Å². The normalized spacial score (nSPS) is 17.2. The van der Waals surface area contributed by atoms with E-state index < -0.39 is 33.8 Å². The van der Waals surface area contributed by atoms with Crippen molar-refractivity contribution in [3.05, 3.63) is 34.8 Å². The molecule has 1 saturated heterocycles. The highest BCUT2D eigenvalue weighted by molar-refractivity contribution is 7.80. The zero-order valence-corrected chi connectivity index (χ0v) is 21.0. The third kappa shape index (κ3) is 6.42. The van der Waals surface area contributed by atoms with Crippen LogP contribution in [-0.4, -0.2) is 76.3 Å². The van der Waals surface area contributed by atoms with Crippen LogP contribution in [0.25, 0.3) is 0 Å². The first-order valence-electron chi connectivity index (χ1n) is 10.2. The molecule has 1 atom stereocenters. The number of carbonyl (C=O) groups excluding carboxylic acids is 2. The van der Waals surface area contributed by atoms with Gasteiger partial charge in [0.25, 0.3) is 11.8 Å². The largest absolute Gasteiger partial charge is 0.507 e. The summed E-state index contributed by atoms with van der Waals surface area (Å²) in [6, 6.07) is 2.94. The first kappa shape index (κ1) is 27.6. The summed E-state index contributed by atoms with van der Waals surface area (Å²) in [6.07, 6.45) is 0. The van der Waals surface area contributed by atoms with Gasteiger partial charge in [0, 0.05) is 11.4 Å². The number of anilines is 1. The van der Waals surface area contributed by atoms with Crippen molar-refractivity contribution in [1.82, 2.24) is 15.4 Å². The number of amides is 2. The van der Waals surface area contributed by atoms with Gasteiger partial charge in [-0.25, -0.2) is 4.98 Å². The zero-order chi connectivity index (χ0) is 27.5. The summed E-state index contributed by atoms with van der Waals surface area (Å²) in [5.41, 5.74) is 9.52. The molecule has 2 heterocycles. The minimum atomic E-state index is -4.96. The zero-order valence-electron chi connectivity index (χ0n) is 19.4. The van der Waals surface area contributed by atoms with Gasteiger partial charge in [-0.2, -0.15) is 13.5 Å². The number of ether oxygens (including phenoxy) is 1. The monoisotopic (exact) mass is 557 g/mol. The van der Waals surface area contributed by atoms with Crippen molar-refractivity contribution in [2.45, 2.75) is 25.4 Å². The highest BCUT2D eigenvalue weighted by Crippen LogP contribution is 2.33. The second kappa shape index (κ2) is 10.5. The van der Waals surface area contributed by atoms with E-state index in [1.165, 1.54) is 37.4 Å². The second-order valence-corrected chi connectivity index (χ2v) is 9.87. The molecule has 2 aromatic rings. The Morgan fingerprint density at radius 3 is 2.62 bits per heavy atom. The smallest absolute Gasteiger partial charge is 0.418 e. The number of phenolic OH excluding ortho intramolecular Hbond substituents is 1. The molecule has 0 bridgehead atoms. The van der Waals surface area contributed by atoms with Crippen LogP contribution in [0.1, 0.15) is 25.1 Å². The van der Waals surface area contributed by atoms with E-state index in [1.54, 1.807) is 0 Å². The van der Waals surface area contributed by atoms with Gasteiger partial charge in [0.05, 0.1) is 11.1 Å². The van der Waals surface area contributed by atoms with Crippen LogP contribution >= 0.6 is 11.3 Å². The number of nitrogen functional groups attached to an aromatic ring is 2. The number of nitrogens with two attached hydrogens (primary N) is 2. The van der Waals surface area contributed by atoms with Crippen LogP contribution < -0.4 is 21.5 Å². The molecule has 18 heteroatoms. The number of aromatic nitrogens is 1. The number of thiazole rings is 1. The maximum atomic E-state index is 12.9. The van der Waals surface area contributed by atoms with E-state index in [0.717, 1.165) is 11.3 Å². The Labute approximate surface area is 214 Å². The van der Waals surface area contributed by atoms with Gasteiger partial charge in [0.1, 0.15) is 35.7 Å². The number of benzene rings is 1. The molecule has 16 nitrogen and oxygen atoms in total. The van der Waals surface area contributed by atoms with Crippen LogP contribution in [0.2, 0.25) is 0 Å². The summed E-state index contributed by atoms with van der Waals surface area (Å²) >= 11 is 1.03. The highest BCUT2D eigenvalue weighted by Gasteiger charge is 2.58. The number of aromatic hydroxyl groups is 1. The Hall–Kier alpha value is -4.00. The van der Waals surface area contributed by atoms with E-state index in [4.69, 9.17) is 31.0 Å². The number of carbonyl (C=O) groups is 2. The summed E-state index contributed by atoms with van der Waals surface area (Å²) in [7, 11) is -4.96. The van der Waals surface area contributed by atoms with Crippen LogP contribution in [0.3, 0.4) is 0 Å². The minimum Gasteiger partial charge on any atom is -0.507 e. The van der Waals surface area contributed by atoms with Gasteiger partial charge in [-0.1, -0.05) is 5.16 Å². The molecule has 0 saturated carbocycles. The average Bonchev–Trinajstić information content (AvgIpc) is 3.22. The number of hydrogen-bond donors (Lipinski definition) is 6. The Kier molecular flexibility index (Phi) is 7.86. The number of nitrogens with zero attached hydrogens (tertiary/aromatic N) is 3. The lowest BCUT2D eigenvalue weighted by Gasteiger charge is -2.50. The van der Waals surface area contributed by atoms with E-state index in [0.29, 0.717) is 5.06 Å². The summed E-state index contributed by atoms with van der Waals surface area (Å²) in [4.78, 5) is 34.4. The molecule has 2 amide bonds. The molecule has 1 fully saturated rings. The van der Waals surface area contributed by atoms with Gasteiger partial charge in [-0.3, -0.25) is 19.6 Å². The molecule has 1 aromatic heterocycles. The van der Waals surface area contributed by atoms with E-state index >= 15 is 0 Å². The van der Waals surface area contributed by atoms with Gasteiger partial charge in [-0.05, 0) is 26.0 Å². The standard InChI is InChI=1S/C19H23N7O9S2/c1-19(2)14(17(29)26(19)35-37(30,31)32)24-16(28)13(11-8-36-18(22)23-11)25-34-6-5-33-9-3-4-10(15(20)21)12(27)7-9/h3-4,7-8,14,27H,5-6H2,1-2H3,(H3,20,21)(H2,22,23)(H,24,28)(H,30,31,32)/b25-13-/t14-/m1/s1. The van der Waals surface area contributed by atoms with Gasteiger partial charge in [0.15, 0.2) is 17.5 Å². The van der Waals surface area contributed by atoms with Crippen molar-refractivity contribution in [2.75, 3.05) is 18.9 Å². The summed E-state index contributed by atoms with van der Waals surface area (Å²) < 4.78 is 40.5. The Bertz CT molecular complexity index is 1360. The second-order valence-electron chi connectivity index (χ2n) is 7.98. The lowest BCUT2D eigenvalue weighted by Crippen LogP contribution is -2.76. The number of phenols is 1. The number of oxime groups is 1. The molecule has 3 rings (SSSR count). The molecule has 0 spiro atoms. The fraction of sp³-hybridized carbons (Fsp3) is 0.316. The topological polar surface area (TPSA) is 253 Å².